The molecule has 1 aliphatic heterocycles. The first-order valence-electron chi connectivity index (χ1n) is 7.24. The van der Waals surface area contributed by atoms with Crippen LogP contribution in [0.2, 0.25) is 0 Å². The van der Waals surface area contributed by atoms with Crippen molar-refractivity contribution in [2.75, 3.05) is 11.5 Å². The van der Waals surface area contributed by atoms with E-state index in [0.29, 0.717) is 28.3 Å². The van der Waals surface area contributed by atoms with Crippen LogP contribution in [0.25, 0.3) is 0 Å². The van der Waals surface area contributed by atoms with Gasteiger partial charge in [-0.1, -0.05) is 30.0 Å². The highest BCUT2D eigenvalue weighted by molar-refractivity contribution is 8.06. The summed E-state index contributed by atoms with van der Waals surface area (Å²) in [4.78, 5) is 14.6. The molecule has 0 bridgehead atoms. The molecule has 3 rings (SSSR count). The van der Waals surface area contributed by atoms with E-state index in [9.17, 15) is 4.79 Å². The molecule has 1 aliphatic rings. The van der Waals surface area contributed by atoms with Crippen molar-refractivity contribution in [2.24, 2.45) is 0 Å². The summed E-state index contributed by atoms with van der Waals surface area (Å²) < 4.78 is 0. The van der Waals surface area contributed by atoms with Crippen LogP contribution in [-0.2, 0) is 0 Å². The van der Waals surface area contributed by atoms with Crippen molar-refractivity contribution in [1.29, 1.82) is 5.41 Å². The first kappa shape index (κ1) is 17.5. The molecule has 0 spiro atoms. The van der Waals surface area contributed by atoms with Crippen molar-refractivity contribution in [1.82, 2.24) is 4.98 Å². The van der Waals surface area contributed by atoms with Crippen LogP contribution < -0.4 is 11.5 Å². The Morgan fingerprint density at radius 3 is 2.71 bits per heavy atom. The van der Waals surface area contributed by atoms with Gasteiger partial charge in [0, 0.05) is 30.9 Å². The first-order chi connectivity index (χ1) is 11.6. The molecular weight excluding hydrogens is 320 g/mol. The molecule has 6 heteroatoms. The van der Waals surface area contributed by atoms with Gasteiger partial charge in [-0.2, -0.15) is 0 Å². The van der Waals surface area contributed by atoms with Crippen LogP contribution in [0.15, 0.2) is 65.1 Å². The van der Waals surface area contributed by atoms with Crippen LogP contribution in [0.4, 0.5) is 11.4 Å². The molecule has 1 aromatic heterocycles. The van der Waals surface area contributed by atoms with Gasteiger partial charge < -0.3 is 11.5 Å². The van der Waals surface area contributed by atoms with Gasteiger partial charge in [0.1, 0.15) is 5.69 Å². The van der Waals surface area contributed by atoms with E-state index in [1.807, 2.05) is 11.5 Å². The average molecular weight is 342 g/mol. The second kappa shape index (κ2) is 8.69. The SMILES string of the molecule is N=C(C1=CCC=CS1)c1cc(N)ccc1N.O=Cc1ccccn1.[HH].[HH]. The number of nitrogen functional groups attached to an aromatic ring is 2. The van der Waals surface area contributed by atoms with Crippen molar-refractivity contribution in [3.8, 4) is 0 Å². The van der Waals surface area contributed by atoms with E-state index < -0.39 is 0 Å². The number of rotatable bonds is 3. The maximum absolute atomic E-state index is 9.94. The third kappa shape index (κ3) is 4.82. The van der Waals surface area contributed by atoms with E-state index in [1.165, 1.54) is 0 Å². The Labute approximate surface area is 148 Å². The second-order valence-electron chi connectivity index (χ2n) is 4.89. The number of aromatic nitrogens is 1. The van der Waals surface area contributed by atoms with Crippen molar-refractivity contribution < 1.29 is 7.65 Å². The predicted octanol–water partition coefficient (Wildman–Crippen LogP) is 4.14. The van der Waals surface area contributed by atoms with Gasteiger partial charge in [0.2, 0.25) is 0 Å². The number of carbonyl (C=O) groups excluding carboxylic acids is 1. The standard InChI is InChI=1S/C12H13N3S.C6H5NO.2H2/c13-8-4-5-10(14)9(7-8)12(15)11-3-1-2-6-16-11;8-5-6-3-1-2-4-7-6;;/h2-7,15H,1,13-14H2;1-5H;2*1H. The van der Waals surface area contributed by atoms with E-state index in [-0.39, 0.29) is 2.85 Å². The summed E-state index contributed by atoms with van der Waals surface area (Å²) in [6, 6.07) is 10.4. The number of aldehydes is 1. The van der Waals surface area contributed by atoms with Crippen LogP contribution in [0.5, 0.6) is 0 Å². The van der Waals surface area contributed by atoms with E-state index in [0.717, 1.165) is 17.6 Å². The van der Waals surface area contributed by atoms with Crippen molar-refractivity contribution in [3.63, 3.8) is 0 Å². The number of nitrogens with one attached hydrogen (secondary N) is 1. The number of nitrogens with zero attached hydrogens (tertiary/aromatic N) is 1. The van der Waals surface area contributed by atoms with Gasteiger partial charge in [-0.3, -0.25) is 15.2 Å². The Morgan fingerprint density at radius 1 is 1.29 bits per heavy atom. The van der Waals surface area contributed by atoms with Crippen LogP contribution in [0.1, 0.15) is 25.3 Å². The molecule has 5 nitrogen and oxygen atoms in total. The number of pyridine rings is 1. The molecule has 1 aromatic carbocycles. The maximum atomic E-state index is 9.94. The second-order valence-corrected chi connectivity index (χ2v) is 5.84. The fourth-order valence-corrected chi connectivity index (χ4v) is 2.70. The minimum absolute atomic E-state index is 0. The van der Waals surface area contributed by atoms with Gasteiger partial charge in [-0.15, -0.1) is 0 Å². The quantitative estimate of drug-likeness (QED) is 0.441. The van der Waals surface area contributed by atoms with E-state index >= 15 is 0 Å². The molecule has 2 heterocycles. The molecule has 0 unspecified atom stereocenters. The summed E-state index contributed by atoms with van der Waals surface area (Å²) in [6.07, 6.45) is 7.26. The zero-order chi connectivity index (χ0) is 17.4. The van der Waals surface area contributed by atoms with Gasteiger partial charge in [-0.05, 0) is 42.2 Å². The van der Waals surface area contributed by atoms with E-state index in [2.05, 4.69) is 11.1 Å². The van der Waals surface area contributed by atoms with Gasteiger partial charge >= 0.3 is 0 Å². The number of allylic oxidation sites excluding steroid dienone is 3. The molecule has 2 aromatic rings. The molecule has 24 heavy (non-hydrogen) atoms. The molecule has 0 fully saturated rings. The molecule has 0 atom stereocenters. The number of benzene rings is 1. The van der Waals surface area contributed by atoms with Crippen LogP contribution >= 0.6 is 11.8 Å². The number of anilines is 2. The number of hydrogen-bond donors (Lipinski definition) is 3. The Kier molecular flexibility index (Phi) is 6.33. The molecule has 0 radical (unpaired) electrons. The van der Waals surface area contributed by atoms with E-state index in [4.69, 9.17) is 16.9 Å². The number of carbonyl (C=O) groups is 1. The molecule has 0 amide bonds. The Hall–Kier alpha value is -2.86. The highest BCUT2D eigenvalue weighted by Crippen LogP contribution is 2.28. The van der Waals surface area contributed by atoms with Crippen LogP contribution in [0.3, 0.4) is 0 Å². The zero-order valence-electron chi connectivity index (χ0n) is 13.0. The summed E-state index contributed by atoms with van der Waals surface area (Å²) in [6.45, 7) is 0. The first-order valence-corrected chi connectivity index (χ1v) is 8.12. The van der Waals surface area contributed by atoms with Crippen LogP contribution in [0, 0.1) is 5.41 Å². The third-order valence-electron chi connectivity index (χ3n) is 3.13. The van der Waals surface area contributed by atoms with Gasteiger partial charge in [-0.25, -0.2) is 0 Å². The average Bonchev–Trinajstić information content (AvgIpc) is 2.65. The minimum Gasteiger partial charge on any atom is -0.399 e. The lowest BCUT2D eigenvalue weighted by Crippen LogP contribution is -2.06. The third-order valence-corrected chi connectivity index (χ3v) is 4.09. The van der Waals surface area contributed by atoms with Crippen LogP contribution in [-0.4, -0.2) is 17.0 Å². The van der Waals surface area contributed by atoms with Crippen molar-refractivity contribution >= 4 is 35.1 Å². The van der Waals surface area contributed by atoms with Crippen molar-refractivity contribution in [2.45, 2.75) is 6.42 Å². The monoisotopic (exact) mass is 342 g/mol. The molecule has 5 N–H and O–H groups in total. The molecular formula is C18H22N4OS. The van der Waals surface area contributed by atoms with Gasteiger partial charge in [0.25, 0.3) is 0 Å². The normalized spacial score (nSPS) is 12.6. The summed E-state index contributed by atoms with van der Waals surface area (Å²) in [5.41, 5.74) is 14.4. The number of thioether (sulfide) groups is 1. The Bertz CT molecular complexity index is 795. The fraction of sp³-hybridized carbons (Fsp3) is 0.0556. The highest BCUT2D eigenvalue weighted by Gasteiger charge is 2.12. The summed E-state index contributed by atoms with van der Waals surface area (Å²) >= 11 is 1.54. The molecule has 0 saturated heterocycles. The lowest BCUT2D eigenvalue weighted by molar-refractivity contribution is 0.111. The summed E-state index contributed by atoms with van der Waals surface area (Å²) in [5.74, 6) is 0. The lowest BCUT2D eigenvalue weighted by atomic mass is 10.1. The lowest BCUT2D eigenvalue weighted by Gasteiger charge is -2.12. The Balaban J connectivity index is 0.000000536. The number of hydrogen-bond acceptors (Lipinski definition) is 6. The fourth-order valence-electron chi connectivity index (χ4n) is 1.93. The van der Waals surface area contributed by atoms with Gasteiger partial charge in [0.15, 0.2) is 6.29 Å². The topological polar surface area (TPSA) is 106 Å². The Morgan fingerprint density at radius 2 is 2.12 bits per heavy atom. The highest BCUT2D eigenvalue weighted by atomic mass is 32.2. The summed E-state index contributed by atoms with van der Waals surface area (Å²) in [7, 11) is 0. The zero-order valence-corrected chi connectivity index (χ0v) is 13.8. The smallest absolute Gasteiger partial charge is 0.168 e. The number of nitrogens with two attached hydrogens (primary N) is 2. The van der Waals surface area contributed by atoms with E-state index in [1.54, 1.807) is 54.4 Å². The van der Waals surface area contributed by atoms with Gasteiger partial charge in [0.05, 0.1) is 5.71 Å². The largest absolute Gasteiger partial charge is 0.399 e. The van der Waals surface area contributed by atoms with Crippen molar-refractivity contribution in [3.05, 3.63) is 76.3 Å². The predicted molar refractivity (Wildman–Crippen MR) is 105 cm³/mol. The minimum atomic E-state index is 0. The maximum Gasteiger partial charge on any atom is 0.168 e. The summed E-state index contributed by atoms with van der Waals surface area (Å²) in [5, 5.41) is 10.1. The molecule has 126 valence electrons. The molecule has 0 saturated carbocycles. The molecule has 0 aliphatic carbocycles.